The number of nitrogens with zero attached hydrogens (tertiary/aromatic N) is 1. The molecule has 2 unspecified atom stereocenters. The summed E-state index contributed by atoms with van der Waals surface area (Å²) in [5, 5.41) is 12.4. The zero-order chi connectivity index (χ0) is 24.1. The van der Waals surface area contributed by atoms with Crippen LogP contribution in [0.15, 0.2) is 56.7 Å². The molecule has 2 aromatic rings. The molecule has 33 heavy (non-hydrogen) atoms. The van der Waals surface area contributed by atoms with Crippen molar-refractivity contribution in [3.63, 3.8) is 0 Å². The number of carbonyl (C=O) groups excluding carboxylic acids is 2. The molecule has 0 N–H and O–H groups in total. The standard InChI is InChI=1S/C22H17Cl2NO6S2/c1-33(30,31)13-7-8-14(17(10-13)25(28)29)20(27)18-19(26)11-5-6-12(9-11)21(18)32-22-15(23)3-2-4-16(22)24/h2-4,7-8,10-12H,5-6,9H2,1H3. The fraction of sp³-hybridized carbons (Fsp3) is 0.273. The Labute approximate surface area is 204 Å². The van der Waals surface area contributed by atoms with Crippen LogP contribution in [0, 0.1) is 22.0 Å². The number of benzene rings is 2. The van der Waals surface area contributed by atoms with Gasteiger partial charge >= 0.3 is 0 Å². The van der Waals surface area contributed by atoms with Crippen molar-refractivity contribution in [1.29, 1.82) is 0 Å². The van der Waals surface area contributed by atoms with Crippen LogP contribution in [-0.2, 0) is 14.6 Å². The zero-order valence-corrected chi connectivity index (χ0v) is 20.4. The summed E-state index contributed by atoms with van der Waals surface area (Å²) in [4.78, 5) is 38.4. The van der Waals surface area contributed by atoms with Crippen molar-refractivity contribution in [2.24, 2.45) is 11.8 Å². The zero-order valence-electron chi connectivity index (χ0n) is 17.2. The second kappa shape index (κ2) is 8.87. The lowest BCUT2D eigenvalue weighted by Crippen LogP contribution is -2.26. The lowest BCUT2D eigenvalue weighted by molar-refractivity contribution is -0.385. The van der Waals surface area contributed by atoms with Crippen molar-refractivity contribution >= 4 is 62.1 Å². The summed E-state index contributed by atoms with van der Waals surface area (Å²) in [5.41, 5.74) is -1.10. The summed E-state index contributed by atoms with van der Waals surface area (Å²) in [5.74, 6) is -1.55. The van der Waals surface area contributed by atoms with E-state index in [1.54, 1.807) is 18.2 Å². The highest BCUT2D eigenvalue weighted by atomic mass is 35.5. The van der Waals surface area contributed by atoms with E-state index >= 15 is 0 Å². The lowest BCUT2D eigenvalue weighted by Gasteiger charge is -2.25. The third-order valence-corrected chi connectivity index (χ3v) is 9.23. The SMILES string of the molecule is CS(=O)(=O)c1ccc(C(=O)C2=C(Sc3c(Cl)cccc3Cl)C3CCC(C3)C2=O)c([N+](=O)[O-])c1. The molecule has 2 aromatic carbocycles. The molecule has 0 heterocycles. The minimum absolute atomic E-state index is 0.0710. The van der Waals surface area contributed by atoms with Crippen molar-refractivity contribution in [2.45, 2.75) is 29.1 Å². The Morgan fingerprint density at radius 3 is 2.36 bits per heavy atom. The summed E-state index contributed by atoms with van der Waals surface area (Å²) in [6.07, 6.45) is 2.83. The number of allylic oxidation sites excluding steroid dienone is 2. The second-order valence-corrected chi connectivity index (χ2v) is 11.9. The normalized spacial score (nSPS) is 20.3. The van der Waals surface area contributed by atoms with E-state index in [0.717, 1.165) is 36.2 Å². The maximum absolute atomic E-state index is 13.6. The van der Waals surface area contributed by atoms with Gasteiger partial charge in [0, 0.05) is 28.0 Å². The predicted molar refractivity (Wildman–Crippen MR) is 126 cm³/mol. The van der Waals surface area contributed by atoms with Gasteiger partial charge in [-0.25, -0.2) is 8.42 Å². The van der Waals surface area contributed by atoms with Crippen LogP contribution in [0.2, 0.25) is 10.0 Å². The number of carbonyl (C=O) groups is 2. The van der Waals surface area contributed by atoms with Crippen LogP contribution in [0.25, 0.3) is 0 Å². The first-order valence-corrected chi connectivity index (χ1v) is 13.4. The molecule has 2 aliphatic carbocycles. The number of hydrogen-bond acceptors (Lipinski definition) is 7. The minimum Gasteiger partial charge on any atom is -0.294 e. The Morgan fingerprint density at radius 2 is 1.76 bits per heavy atom. The lowest BCUT2D eigenvalue weighted by atomic mass is 9.84. The van der Waals surface area contributed by atoms with E-state index in [1.165, 1.54) is 0 Å². The Bertz CT molecular complexity index is 1330. The first-order valence-electron chi connectivity index (χ1n) is 9.92. The molecule has 172 valence electrons. The first-order chi connectivity index (χ1) is 15.5. The van der Waals surface area contributed by atoms with E-state index in [1.807, 2.05) is 0 Å². The second-order valence-electron chi connectivity index (χ2n) is 8.00. The largest absolute Gasteiger partial charge is 0.294 e. The van der Waals surface area contributed by atoms with Crippen LogP contribution in [0.4, 0.5) is 5.69 Å². The average Bonchev–Trinajstić information content (AvgIpc) is 3.19. The molecule has 2 aliphatic rings. The number of Topliss-reactive ketones (excluding diaryl/α,β-unsaturated/α-hetero) is 2. The molecule has 0 aromatic heterocycles. The molecule has 0 radical (unpaired) electrons. The summed E-state index contributed by atoms with van der Waals surface area (Å²) >= 11 is 13.8. The van der Waals surface area contributed by atoms with E-state index in [-0.39, 0.29) is 33.7 Å². The number of hydrogen-bond donors (Lipinski definition) is 0. The smallest absolute Gasteiger partial charge is 0.281 e. The van der Waals surface area contributed by atoms with Crippen molar-refractivity contribution in [3.05, 3.63) is 72.6 Å². The van der Waals surface area contributed by atoms with Gasteiger partial charge < -0.3 is 0 Å². The van der Waals surface area contributed by atoms with Crippen LogP contribution in [-0.4, -0.2) is 31.2 Å². The van der Waals surface area contributed by atoms with Crippen molar-refractivity contribution in [1.82, 2.24) is 0 Å². The predicted octanol–water partition coefficient (Wildman–Crippen LogP) is 5.53. The van der Waals surface area contributed by atoms with Gasteiger partial charge in [0.1, 0.15) is 5.56 Å². The monoisotopic (exact) mass is 525 g/mol. The molecule has 1 saturated carbocycles. The highest BCUT2D eigenvalue weighted by Gasteiger charge is 2.44. The highest BCUT2D eigenvalue weighted by molar-refractivity contribution is 8.03. The number of thioether (sulfide) groups is 1. The summed E-state index contributed by atoms with van der Waals surface area (Å²) < 4.78 is 23.7. The van der Waals surface area contributed by atoms with Gasteiger partial charge in [-0.3, -0.25) is 19.7 Å². The molecule has 11 heteroatoms. The molecule has 2 bridgehead atoms. The van der Waals surface area contributed by atoms with Gasteiger partial charge in [0.05, 0.1) is 25.4 Å². The van der Waals surface area contributed by atoms with Crippen LogP contribution >= 0.6 is 35.0 Å². The van der Waals surface area contributed by atoms with E-state index in [4.69, 9.17) is 23.2 Å². The molecule has 0 saturated heterocycles. The number of halogens is 2. The highest BCUT2D eigenvalue weighted by Crippen LogP contribution is 2.52. The van der Waals surface area contributed by atoms with Crippen molar-refractivity contribution in [3.8, 4) is 0 Å². The number of nitro benzene ring substituents is 1. The van der Waals surface area contributed by atoms with Gasteiger partial charge in [-0.2, -0.15) is 0 Å². The number of fused-ring (bicyclic) bond motifs is 2. The quantitative estimate of drug-likeness (QED) is 0.211. The Morgan fingerprint density at radius 1 is 1.12 bits per heavy atom. The molecule has 1 fully saturated rings. The number of ketones is 2. The van der Waals surface area contributed by atoms with Gasteiger partial charge in [-0.1, -0.05) is 41.0 Å². The number of sulfone groups is 1. The van der Waals surface area contributed by atoms with Crippen LogP contribution in [0.3, 0.4) is 0 Å². The van der Waals surface area contributed by atoms with E-state index in [2.05, 4.69) is 0 Å². The Balaban J connectivity index is 1.89. The van der Waals surface area contributed by atoms with Crippen LogP contribution in [0.5, 0.6) is 0 Å². The van der Waals surface area contributed by atoms with E-state index in [9.17, 15) is 28.1 Å². The molecule has 7 nitrogen and oxygen atoms in total. The van der Waals surface area contributed by atoms with Gasteiger partial charge in [-0.05, 0) is 49.4 Å². The molecular weight excluding hydrogens is 509 g/mol. The summed E-state index contributed by atoms with van der Waals surface area (Å²) in [7, 11) is -3.73. The molecule has 0 aliphatic heterocycles. The average molecular weight is 526 g/mol. The van der Waals surface area contributed by atoms with Gasteiger partial charge in [0.25, 0.3) is 5.69 Å². The summed E-state index contributed by atoms with van der Waals surface area (Å²) in [6, 6.07) is 8.06. The minimum atomic E-state index is -3.73. The van der Waals surface area contributed by atoms with Gasteiger partial charge in [0.2, 0.25) is 5.78 Å². The van der Waals surface area contributed by atoms with Crippen LogP contribution in [0.1, 0.15) is 29.6 Å². The maximum Gasteiger partial charge on any atom is 0.281 e. The molecule has 0 spiro atoms. The fourth-order valence-corrected chi connectivity index (χ4v) is 6.75. The van der Waals surface area contributed by atoms with Crippen LogP contribution < -0.4 is 0 Å². The molecule has 2 atom stereocenters. The molecular formula is C22H17Cl2NO6S2. The molecule has 4 rings (SSSR count). The van der Waals surface area contributed by atoms with Gasteiger partial charge in [0.15, 0.2) is 15.6 Å². The first kappa shape index (κ1) is 23.9. The Hall–Kier alpha value is -2.20. The number of rotatable bonds is 6. The van der Waals surface area contributed by atoms with E-state index < -0.39 is 26.2 Å². The van der Waals surface area contributed by atoms with Crippen molar-refractivity contribution < 1.29 is 22.9 Å². The number of nitro groups is 1. The third-order valence-electron chi connectivity index (χ3n) is 5.86. The van der Waals surface area contributed by atoms with E-state index in [0.29, 0.717) is 39.1 Å². The summed E-state index contributed by atoms with van der Waals surface area (Å²) in [6.45, 7) is 0. The van der Waals surface area contributed by atoms with Gasteiger partial charge in [-0.15, -0.1) is 0 Å². The maximum atomic E-state index is 13.6. The van der Waals surface area contributed by atoms with Crippen molar-refractivity contribution in [2.75, 3.05) is 6.26 Å². The Kier molecular flexibility index (Phi) is 6.43. The fourth-order valence-electron chi connectivity index (χ4n) is 4.26. The topological polar surface area (TPSA) is 111 Å². The molecule has 0 amide bonds. The third kappa shape index (κ3) is 4.47.